The number of benzene rings is 2. The van der Waals surface area contributed by atoms with Crippen molar-refractivity contribution in [1.82, 2.24) is 9.99 Å². The molecular formula is C20H18FN3O. The number of aryl methyl sites for hydroxylation is 2. The number of hydrogen-bond acceptors (Lipinski definition) is 2. The first-order valence-corrected chi connectivity index (χ1v) is 7.89. The van der Waals surface area contributed by atoms with E-state index in [9.17, 15) is 9.18 Å². The Kier molecular flexibility index (Phi) is 4.75. The first-order valence-electron chi connectivity index (χ1n) is 7.89. The van der Waals surface area contributed by atoms with Gasteiger partial charge in [-0.2, -0.15) is 5.10 Å². The molecule has 0 saturated heterocycles. The summed E-state index contributed by atoms with van der Waals surface area (Å²) in [4.78, 5) is 12.1. The third-order valence-electron chi connectivity index (χ3n) is 3.89. The highest BCUT2D eigenvalue weighted by atomic mass is 19.1. The molecule has 3 rings (SSSR count). The van der Waals surface area contributed by atoms with E-state index in [4.69, 9.17) is 0 Å². The van der Waals surface area contributed by atoms with Gasteiger partial charge in [0.05, 0.1) is 6.21 Å². The van der Waals surface area contributed by atoms with Crippen LogP contribution in [-0.4, -0.2) is 16.7 Å². The smallest absolute Gasteiger partial charge is 0.271 e. The Labute approximate surface area is 145 Å². The fraction of sp³-hybridized carbons (Fsp3) is 0.100. The molecule has 1 amide bonds. The number of nitrogens with one attached hydrogen (secondary N) is 1. The van der Waals surface area contributed by atoms with Crippen LogP contribution in [0.15, 0.2) is 65.8 Å². The van der Waals surface area contributed by atoms with E-state index < -0.39 is 0 Å². The summed E-state index contributed by atoms with van der Waals surface area (Å²) in [6.45, 7) is 4.07. The molecule has 4 nitrogen and oxygen atoms in total. The fourth-order valence-electron chi connectivity index (χ4n) is 2.65. The molecule has 5 heteroatoms. The van der Waals surface area contributed by atoms with Crippen molar-refractivity contribution in [3.8, 4) is 5.69 Å². The number of carbonyl (C=O) groups excluding carboxylic acids is 1. The van der Waals surface area contributed by atoms with Gasteiger partial charge in [0.15, 0.2) is 0 Å². The molecule has 0 aliphatic heterocycles. The molecule has 3 aromatic rings. The fourth-order valence-corrected chi connectivity index (χ4v) is 2.65. The van der Waals surface area contributed by atoms with Crippen molar-refractivity contribution in [2.24, 2.45) is 5.10 Å². The van der Waals surface area contributed by atoms with Gasteiger partial charge in [0.25, 0.3) is 5.91 Å². The van der Waals surface area contributed by atoms with Gasteiger partial charge in [-0.15, -0.1) is 0 Å². The van der Waals surface area contributed by atoms with Crippen LogP contribution in [-0.2, 0) is 0 Å². The Morgan fingerprint density at radius 1 is 1.04 bits per heavy atom. The van der Waals surface area contributed by atoms with Crippen LogP contribution in [0.4, 0.5) is 4.39 Å². The van der Waals surface area contributed by atoms with Crippen LogP contribution < -0.4 is 5.43 Å². The van der Waals surface area contributed by atoms with Gasteiger partial charge in [-0.1, -0.05) is 12.1 Å². The van der Waals surface area contributed by atoms with Crippen LogP contribution in [0.25, 0.3) is 5.69 Å². The Bertz CT molecular complexity index is 907. The molecule has 1 heterocycles. The molecule has 1 aromatic heterocycles. The van der Waals surface area contributed by atoms with E-state index in [2.05, 4.69) is 27.2 Å². The van der Waals surface area contributed by atoms with Crippen LogP contribution in [0.2, 0.25) is 0 Å². The lowest BCUT2D eigenvalue weighted by Crippen LogP contribution is -2.17. The van der Waals surface area contributed by atoms with Crippen LogP contribution in [0.1, 0.15) is 27.3 Å². The summed E-state index contributed by atoms with van der Waals surface area (Å²) < 4.78 is 15.2. The largest absolute Gasteiger partial charge is 0.319 e. The van der Waals surface area contributed by atoms with Gasteiger partial charge in [0, 0.05) is 22.6 Å². The average Bonchev–Trinajstić information content (AvgIpc) is 2.94. The lowest BCUT2D eigenvalue weighted by atomic mass is 10.2. The van der Waals surface area contributed by atoms with E-state index in [1.54, 1.807) is 24.3 Å². The normalized spacial score (nSPS) is 11.0. The molecule has 1 N–H and O–H groups in total. The molecule has 2 aromatic carbocycles. The summed E-state index contributed by atoms with van der Waals surface area (Å²) >= 11 is 0. The lowest BCUT2D eigenvalue weighted by Gasteiger charge is -2.10. The van der Waals surface area contributed by atoms with Crippen molar-refractivity contribution < 1.29 is 9.18 Å². The summed E-state index contributed by atoms with van der Waals surface area (Å²) in [5.41, 5.74) is 6.79. The molecule has 0 saturated carbocycles. The number of halogens is 1. The summed E-state index contributed by atoms with van der Waals surface area (Å²) in [6, 6.07) is 17.4. The predicted octanol–water partition coefficient (Wildman–Crippen LogP) is 4.00. The monoisotopic (exact) mass is 335 g/mol. The third-order valence-corrected chi connectivity index (χ3v) is 3.89. The zero-order valence-corrected chi connectivity index (χ0v) is 14.0. The number of aromatic nitrogens is 1. The molecule has 0 unspecified atom stereocenters. The van der Waals surface area contributed by atoms with Gasteiger partial charge >= 0.3 is 0 Å². The molecule has 0 atom stereocenters. The van der Waals surface area contributed by atoms with E-state index in [-0.39, 0.29) is 11.7 Å². The van der Waals surface area contributed by atoms with E-state index in [1.165, 1.54) is 18.3 Å². The maximum Gasteiger partial charge on any atom is 0.271 e. The highest BCUT2D eigenvalue weighted by Crippen LogP contribution is 2.16. The van der Waals surface area contributed by atoms with E-state index >= 15 is 0 Å². The van der Waals surface area contributed by atoms with Gasteiger partial charge in [-0.25, -0.2) is 9.82 Å². The molecule has 0 radical (unpaired) electrons. The van der Waals surface area contributed by atoms with Crippen LogP contribution in [0.5, 0.6) is 0 Å². The number of hydrogen-bond donors (Lipinski definition) is 1. The van der Waals surface area contributed by atoms with Crippen LogP contribution in [0.3, 0.4) is 0 Å². The summed E-state index contributed by atoms with van der Waals surface area (Å²) in [5, 5.41) is 3.86. The Balaban J connectivity index is 1.69. The molecular weight excluding hydrogens is 317 g/mol. The van der Waals surface area contributed by atoms with Crippen molar-refractivity contribution in [3.05, 3.63) is 89.0 Å². The zero-order valence-electron chi connectivity index (χ0n) is 14.0. The molecule has 25 heavy (non-hydrogen) atoms. The van der Waals surface area contributed by atoms with Crippen molar-refractivity contribution >= 4 is 12.1 Å². The summed E-state index contributed by atoms with van der Waals surface area (Å²) in [6.07, 6.45) is 1.40. The maximum absolute atomic E-state index is 13.1. The summed E-state index contributed by atoms with van der Waals surface area (Å²) in [7, 11) is 0. The van der Waals surface area contributed by atoms with Gasteiger partial charge in [0.2, 0.25) is 0 Å². The average molecular weight is 335 g/mol. The van der Waals surface area contributed by atoms with Crippen molar-refractivity contribution in [2.45, 2.75) is 13.8 Å². The van der Waals surface area contributed by atoms with Gasteiger partial charge in [-0.05, 0) is 67.9 Å². The quantitative estimate of drug-likeness (QED) is 0.568. The Morgan fingerprint density at radius 2 is 1.72 bits per heavy atom. The minimum atomic E-state index is -0.346. The minimum Gasteiger partial charge on any atom is -0.319 e. The molecule has 0 aliphatic rings. The summed E-state index contributed by atoms with van der Waals surface area (Å²) in [5.74, 6) is -0.665. The second-order valence-electron chi connectivity index (χ2n) is 5.75. The van der Waals surface area contributed by atoms with Crippen molar-refractivity contribution in [3.63, 3.8) is 0 Å². The van der Waals surface area contributed by atoms with Crippen molar-refractivity contribution in [1.29, 1.82) is 0 Å². The van der Waals surface area contributed by atoms with Crippen LogP contribution >= 0.6 is 0 Å². The van der Waals surface area contributed by atoms with Gasteiger partial charge in [0.1, 0.15) is 5.82 Å². The molecule has 0 aliphatic carbocycles. The molecule has 0 bridgehead atoms. The lowest BCUT2D eigenvalue weighted by molar-refractivity contribution is 0.0955. The number of carbonyl (C=O) groups is 1. The maximum atomic E-state index is 13.1. The second-order valence-corrected chi connectivity index (χ2v) is 5.75. The highest BCUT2D eigenvalue weighted by molar-refractivity contribution is 5.95. The molecule has 0 fully saturated rings. The third kappa shape index (κ3) is 3.83. The van der Waals surface area contributed by atoms with Crippen LogP contribution in [0, 0.1) is 19.7 Å². The first kappa shape index (κ1) is 16.6. The van der Waals surface area contributed by atoms with E-state index in [0.717, 1.165) is 17.1 Å². The van der Waals surface area contributed by atoms with E-state index in [1.807, 2.05) is 26.0 Å². The Hall–Kier alpha value is -3.21. The molecule has 0 spiro atoms. The zero-order chi connectivity index (χ0) is 17.8. The SMILES string of the molecule is Cc1ccc(C)n1-c1ccc(C(=O)NN=Cc2cccc(F)c2)cc1. The number of rotatable bonds is 4. The number of amides is 1. The number of nitrogens with zero attached hydrogens (tertiary/aromatic N) is 2. The van der Waals surface area contributed by atoms with Crippen molar-refractivity contribution in [2.75, 3.05) is 0 Å². The Morgan fingerprint density at radius 3 is 2.36 bits per heavy atom. The number of hydrazone groups is 1. The second kappa shape index (κ2) is 7.13. The highest BCUT2D eigenvalue weighted by Gasteiger charge is 2.07. The van der Waals surface area contributed by atoms with Gasteiger partial charge < -0.3 is 4.57 Å². The van der Waals surface area contributed by atoms with E-state index in [0.29, 0.717) is 11.1 Å². The predicted molar refractivity (Wildman–Crippen MR) is 96.7 cm³/mol. The standard InChI is InChI=1S/C20H18FN3O/c1-14-6-7-15(2)24(14)19-10-8-17(9-11-19)20(25)23-22-13-16-4-3-5-18(21)12-16/h3-13H,1-2H3,(H,23,25). The topological polar surface area (TPSA) is 46.4 Å². The molecule has 126 valence electrons. The van der Waals surface area contributed by atoms with Gasteiger partial charge in [-0.3, -0.25) is 4.79 Å². The first-order chi connectivity index (χ1) is 12.0. The minimum absolute atomic E-state index is 0.319.